The molecule has 15 heavy (non-hydrogen) atoms. The van der Waals surface area contributed by atoms with Crippen LogP contribution < -0.4 is 0 Å². The number of alkyl halides is 2. The zero-order valence-corrected chi connectivity index (χ0v) is 10.7. The van der Waals surface area contributed by atoms with Crippen LogP contribution in [0.2, 0.25) is 0 Å². The number of hydrogen-bond donors (Lipinski definition) is 1. The molecule has 0 radical (unpaired) electrons. The number of hydrogen-bond acceptors (Lipinski definition) is 3. The summed E-state index contributed by atoms with van der Waals surface area (Å²) in [6.07, 6.45) is 0.663. The molecule has 0 saturated carbocycles. The fourth-order valence-corrected chi connectivity index (χ4v) is 4.07. The predicted octanol–water partition coefficient (Wildman–Crippen LogP) is 1.99. The Labute approximate surface area is 99.4 Å². The molecule has 1 unspecified atom stereocenters. The Bertz CT molecular complexity index is 238. The lowest BCUT2D eigenvalue weighted by Gasteiger charge is -2.37. The average Bonchev–Trinajstić information content (AvgIpc) is 2.22. The molecular weight excluding hydrogens is 262 g/mol. The highest BCUT2D eigenvalue weighted by Crippen LogP contribution is 2.54. The minimum absolute atomic E-state index is 0.318. The van der Waals surface area contributed by atoms with Crippen LogP contribution in [-0.2, 0) is 9.09 Å². The van der Waals surface area contributed by atoms with E-state index >= 15 is 0 Å². The SMILES string of the molecule is O=P1(N(CCCl)CCCl)OCCCN1O. The first-order valence-corrected chi connectivity index (χ1v) is 7.34. The van der Waals surface area contributed by atoms with Gasteiger partial charge in [-0.25, -0.2) is 4.67 Å². The van der Waals surface area contributed by atoms with Gasteiger partial charge in [-0.1, -0.05) is 0 Å². The molecule has 1 fully saturated rings. The second kappa shape index (κ2) is 6.40. The van der Waals surface area contributed by atoms with Crippen LogP contribution in [-0.4, -0.2) is 52.7 Å². The molecule has 90 valence electrons. The topological polar surface area (TPSA) is 53.0 Å². The first kappa shape index (κ1) is 13.7. The summed E-state index contributed by atoms with van der Waals surface area (Å²) in [6, 6.07) is 0. The number of hydroxylamine groups is 1. The third-order valence-electron chi connectivity index (χ3n) is 2.10. The first-order chi connectivity index (χ1) is 7.15. The van der Waals surface area contributed by atoms with Crippen LogP contribution in [0, 0.1) is 0 Å². The Balaban J connectivity index is 2.73. The highest BCUT2D eigenvalue weighted by Gasteiger charge is 2.40. The Hall–Kier alpha value is 0.650. The highest BCUT2D eigenvalue weighted by atomic mass is 35.5. The summed E-state index contributed by atoms with van der Waals surface area (Å²) in [7, 11) is -3.29. The fraction of sp³-hybridized carbons (Fsp3) is 1.00. The first-order valence-electron chi connectivity index (χ1n) is 4.74. The minimum atomic E-state index is -3.29. The average molecular weight is 277 g/mol. The zero-order chi connectivity index (χ0) is 11.3. The van der Waals surface area contributed by atoms with Crippen molar-refractivity contribution in [2.24, 2.45) is 0 Å². The van der Waals surface area contributed by atoms with Gasteiger partial charge in [0, 0.05) is 31.4 Å². The molecule has 1 N–H and O–H groups in total. The van der Waals surface area contributed by atoms with Gasteiger partial charge in [-0.3, -0.25) is 4.57 Å². The van der Waals surface area contributed by atoms with Gasteiger partial charge >= 0.3 is 7.67 Å². The molecule has 1 rings (SSSR count). The normalized spacial score (nSPS) is 28.5. The quantitative estimate of drug-likeness (QED) is 0.615. The molecule has 1 aliphatic rings. The smallest absolute Gasteiger partial charge is 0.305 e. The van der Waals surface area contributed by atoms with Gasteiger partial charge in [-0.2, -0.15) is 0 Å². The van der Waals surface area contributed by atoms with Crippen LogP contribution in [0.15, 0.2) is 0 Å². The van der Waals surface area contributed by atoms with Crippen LogP contribution in [0.5, 0.6) is 0 Å². The molecule has 1 heterocycles. The molecule has 0 spiro atoms. The molecular formula is C7H15Cl2N2O3P. The van der Waals surface area contributed by atoms with Gasteiger partial charge in [0.25, 0.3) is 0 Å². The van der Waals surface area contributed by atoms with E-state index in [2.05, 4.69) is 0 Å². The van der Waals surface area contributed by atoms with Crippen molar-refractivity contribution in [3.8, 4) is 0 Å². The molecule has 5 nitrogen and oxygen atoms in total. The summed E-state index contributed by atoms with van der Waals surface area (Å²) in [5, 5.41) is 9.57. The largest absolute Gasteiger partial charge is 0.368 e. The van der Waals surface area contributed by atoms with Gasteiger partial charge in [-0.05, 0) is 6.42 Å². The van der Waals surface area contributed by atoms with Crippen molar-refractivity contribution in [1.82, 2.24) is 9.50 Å². The Morgan fingerprint density at radius 2 is 2.00 bits per heavy atom. The molecule has 0 aromatic rings. The van der Waals surface area contributed by atoms with Crippen molar-refractivity contribution in [3.05, 3.63) is 0 Å². The Morgan fingerprint density at radius 3 is 2.47 bits per heavy atom. The van der Waals surface area contributed by atoms with Gasteiger partial charge in [-0.15, -0.1) is 28.0 Å². The van der Waals surface area contributed by atoms with Crippen LogP contribution >= 0.6 is 30.9 Å². The zero-order valence-electron chi connectivity index (χ0n) is 8.31. The van der Waals surface area contributed by atoms with Crippen molar-refractivity contribution in [2.75, 3.05) is 38.0 Å². The standard InChI is InChI=1S/C7H15Cl2N2O3P/c8-2-5-10(6-3-9)15(13)11(12)4-1-7-14-15/h12H,1-7H2. The van der Waals surface area contributed by atoms with Gasteiger partial charge in [0.2, 0.25) is 0 Å². The van der Waals surface area contributed by atoms with Crippen molar-refractivity contribution in [3.63, 3.8) is 0 Å². The van der Waals surface area contributed by atoms with Gasteiger partial charge < -0.3 is 9.73 Å². The lowest BCUT2D eigenvalue weighted by Crippen LogP contribution is -2.37. The van der Waals surface area contributed by atoms with E-state index in [1.54, 1.807) is 0 Å². The summed E-state index contributed by atoms with van der Waals surface area (Å²) < 4.78 is 19.0. The maximum Gasteiger partial charge on any atom is 0.368 e. The monoisotopic (exact) mass is 276 g/mol. The van der Waals surface area contributed by atoms with Crippen molar-refractivity contribution in [1.29, 1.82) is 0 Å². The highest BCUT2D eigenvalue weighted by molar-refractivity contribution is 7.53. The third kappa shape index (κ3) is 3.30. The fourth-order valence-electron chi connectivity index (χ4n) is 1.37. The molecule has 0 aromatic carbocycles. The van der Waals surface area contributed by atoms with Gasteiger partial charge in [0.15, 0.2) is 0 Å². The number of halogens is 2. The Morgan fingerprint density at radius 1 is 1.40 bits per heavy atom. The molecule has 0 amide bonds. The molecule has 8 heteroatoms. The molecule has 0 aromatic heterocycles. The van der Waals surface area contributed by atoms with E-state index < -0.39 is 7.67 Å². The Kier molecular flexibility index (Phi) is 5.85. The maximum absolute atomic E-state index is 12.3. The van der Waals surface area contributed by atoms with Crippen LogP contribution in [0.3, 0.4) is 0 Å². The second-order valence-electron chi connectivity index (χ2n) is 3.10. The third-order valence-corrected chi connectivity index (χ3v) is 4.85. The molecule has 1 aliphatic heterocycles. The van der Waals surface area contributed by atoms with Gasteiger partial charge in [0.1, 0.15) is 0 Å². The molecule has 1 atom stereocenters. The molecule has 1 saturated heterocycles. The van der Waals surface area contributed by atoms with Crippen LogP contribution in [0.4, 0.5) is 0 Å². The lowest BCUT2D eigenvalue weighted by atomic mass is 10.5. The van der Waals surface area contributed by atoms with E-state index in [1.165, 1.54) is 4.67 Å². The second-order valence-corrected chi connectivity index (χ2v) is 6.13. The van der Waals surface area contributed by atoms with Crippen molar-refractivity contribution >= 4 is 30.9 Å². The summed E-state index contributed by atoms with van der Waals surface area (Å²) in [5.74, 6) is 0.635. The van der Waals surface area contributed by atoms with Crippen molar-refractivity contribution in [2.45, 2.75) is 6.42 Å². The summed E-state index contributed by atoms with van der Waals surface area (Å²) >= 11 is 11.2. The van der Waals surface area contributed by atoms with E-state index in [1.807, 2.05) is 0 Å². The summed E-state index contributed by atoms with van der Waals surface area (Å²) in [4.78, 5) is 0.773. The van der Waals surface area contributed by atoms with Crippen LogP contribution in [0.1, 0.15) is 6.42 Å². The van der Waals surface area contributed by atoms with E-state index in [0.29, 0.717) is 44.4 Å². The number of nitrogens with zero attached hydrogens (tertiary/aromatic N) is 2. The minimum Gasteiger partial charge on any atom is -0.305 e. The molecule has 0 aliphatic carbocycles. The summed E-state index contributed by atoms with van der Waals surface area (Å²) in [5.41, 5.74) is 0. The van der Waals surface area contributed by atoms with E-state index in [0.717, 1.165) is 4.83 Å². The van der Waals surface area contributed by atoms with Crippen LogP contribution in [0.25, 0.3) is 0 Å². The maximum atomic E-state index is 12.3. The molecule has 0 bridgehead atoms. The van der Waals surface area contributed by atoms with Crippen molar-refractivity contribution < 1.29 is 14.3 Å². The van der Waals surface area contributed by atoms with E-state index in [9.17, 15) is 9.77 Å². The lowest BCUT2D eigenvalue weighted by molar-refractivity contribution is -0.0474. The number of rotatable bonds is 5. The van der Waals surface area contributed by atoms with E-state index in [4.69, 9.17) is 27.7 Å². The summed E-state index contributed by atoms with van der Waals surface area (Å²) in [6.45, 7) is 1.49. The van der Waals surface area contributed by atoms with E-state index in [-0.39, 0.29) is 0 Å². The predicted molar refractivity (Wildman–Crippen MR) is 59.7 cm³/mol. The van der Waals surface area contributed by atoms with Gasteiger partial charge in [0.05, 0.1) is 6.61 Å².